The molecule has 1 N–H and O–H groups in total. The normalized spacial score (nSPS) is 12.0. The molecule has 23 heavy (non-hydrogen) atoms. The van der Waals surface area contributed by atoms with Crippen LogP contribution in [0.2, 0.25) is 0 Å². The molecule has 0 aliphatic rings. The van der Waals surface area contributed by atoms with E-state index in [1.54, 1.807) is 4.68 Å². The monoisotopic (exact) mass is 328 g/mol. The van der Waals surface area contributed by atoms with Gasteiger partial charge in [0, 0.05) is 18.3 Å². The first-order valence-corrected chi connectivity index (χ1v) is 8.38. The Labute approximate surface area is 139 Å². The molecule has 7 nitrogen and oxygen atoms in total. The zero-order valence-electron chi connectivity index (χ0n) is 15.0. The Morgan fingerprint density at radius 1 is 1.00 bits per heavy atom. The molecule has 1 aromatic rings. The molecule has 0 aromatic carbocycles. The number of nitrogens with zero attached hydrogens (tertiary/aromatic N) is 3. The van der Waals surface area contributed by atoms with E-state index < -0.39 is 0 Å². The summed E-state index contributed by atoms with van der Waals surface area (Å²) in [5.74, 6) is 0. The number of aromatic nitrogens is 3. The Morgan fingerprint density at radius 2 is 1.61 bits per heavy atom. The van der Waals surface area contributed by atoms with Crippen molar-refractivity contribution in [2.75, 3.05) is 46.2 Å². The van der Waals surface area contributed by atoms with E-state index in [4.69, 9.17) is 14.2 Å². The van der Waals surface area contributed by atoms with E-state index in [2.05, 4.69) is 43.3 Å². The summed E-state index contributed by atoms with van der Waals surface area (Å²) in [6, 6.07) is 0. The van der Waals surface area contributed by atoms with E-state index in [-0.39, 0.29) is 5.54 Å². The molecule has 0 bridgehead atoms. The van der Waals surface area contributed by atoms with Crippen LogP contribution in [0.1, 0.15) is 33.4 Å². The predicted molar refractivity (Wildman–Crippen MR) is 89.6 cm³/mol. The molecule has 1 heterocycles. The lowest BCUT2D eigenvalue weighted by molar-refractivity contribution is 0.0127. The van der Waals surface area contributed by atoms with Crippen molar-refractivity contribution in [3.05, 3.63) is 11.9 Å². The predicted octanol–water partition coefficient (Wildman–Crippen LogP) is 1.28. The first-order chi connectivity index (χ1) is 11.0. The fourth-order valence-electron chi connectivity index (χ4n) is 1.81. The van der Waals surface area contributed by atoms with Gasteiger partial charge in [-0.2, -0.15) is 0 Å². The van der Waals surface area contributed by atoms with Gasteiger partial charge in [0.1, 0.15) is 0 Å². The number of hydrogen-bond acceptors (Lipinski definition) is 6. The van der Waals surface area contributed by atoms with Gasteiger partial charge in [0.05, 0.1) is 51.9 Å². The highest BCUT2D eigenvalue weighted by Gasteiger charge is 2.06. The van der Waals surface area contributed by atoms with Crippen LogP contribution >= 0.6 is 0 Å². The van der Waals surface area contributed by atoms with E-state index >= 15 is 0 Å². The van der Waals surface area contributed by atoms with Crippen molar-refractivity contribution < 1.29 is 14.2 Å². The van der Waals surface area contributed by atoms with Gasteiger partial charge < -0.3 is 19.5 Å². The van der Waals surface area contributed by atoms with Crippen molar-refractivity contribution >= 4 is 0 Å². The van der Waals surface area contributed by atoms with Crippen molar-refractivity contribution in [2.24, 2.45) is 0 Å². The maximum Gasteiger partial charge on any atom is 0.0824 e. The van der Waals surface area contributed by atoms with Crippen molar-refractivity contribution in [1.29, 1.82) is 0 Å². The second kappa shape index (κ2) is 11.5. The van der Waals surface area contributed by atoms with Crippen LogP contribution in [0.15, 0.2) is 6.20 Å². The van der Waals surface area contributed by atoms with Gasteiger partial charge in [-0.25, -0.2) is 4.68 Å². The number of aryl methyl sites for hydroxylation is 1. The van der Waals surface area contributed by atoms with Gasteiger partial charge in [0.15, 0.2) is 0 Å². The molecule has 0 aliphatic carbocycles. The third-order valence-corrected chi connectivity index (χ3v) is 3.06. The fraction of sp³-hybridized carbons (Fsp3) is 0.875. The van der Waals surface area contributed by atoms with Gasteiger partial charge in [0.25, 0.3) is 0 Å². The second-order valence-electron chi connectivity index (χ2n) is 6.34. The van der Waals surface area contributed by atoms with Crippen molar-refractivity contribution in [3.8, 4) is 0 Å². The summed E-state index contributed by atoms with van der Waals surface area (Å²) in [5, 5.41) is 11.4. The Kier molecular flexibility index (Phi) is 10.0. The summed E-state index contributed by atoms with van der Waals surface area (Å²) in [4.78, 5) is 0. The van der Waals surface area contributed by atoms with Crippen LogP contribution in [0.25, 0.3) is 0 Å². The smallest absolute Gasteiger partial charge is 0.0824 e. The molecular formula is C16H32N4O3. The van der Waals surface area contributed by atoms with Gasteiger partial charge in [0.2, 0.25) is 0 Å². The van der Waals surface area contributed by atoms with E-state index in [0.717, 1.165) is 25.2 Å². The third kappa shape index (κ3) is 11.2. The molecule has 0 spiro atoms. The maximum atomic E-state index is 5.50. The van der Waals surface area contributed by atoms with Crippen LogP contribution in [0.3, 0.4) is 0 Å². The molecule has 0 fully saturated rings. The minimum absolute atomic E-state index is 0.140. The zero-order chi connectivity index (χ0) is 17.0. The van der Waals surface area contributed by atoms with Crippen LogP contribution in [0.5, 0.6) is 0 Å². The molecule has 7 heteroatoms. The Balaban J connectivity index is 1.81. The van der Waals surface area contributed by atoms with E-state index in [1.807, 2.05) is 6.20 Å². The van der Waals surface area contributed by atoms with Crippen LogP contribution in [-0.2, 0) is 27.2 Å². The van der Waals surface area contributed by atoms with Crippen LogP contribution in [0.4, 0.5) is 0 Å². The highest BCUT2D eigenvalue weighted by Crippen LogP contribution is 1.96. The molecule has 0 atom stereocenters. The van der Waals surface area contributed by atoms with Crippen LogP contribution < -0.4 is 5.32 Å². The van der Waals surface area contributed by atoms with Crippen LogP contribution in [-0.4, -0.2) is 66.7 Å². The second-order valence-corrected chi connectivity index (χ2v) is 6.34. The van der Waals surface area contributed by atoms with E-state index in [9.17, 15) is 0 Å². The topological polar surface area (TPSA) is 70.4 Å². The molecule has 0 saturated heterocycles. The zero-order valence-corrected chi connectivity index (χ0v) is 15.0. The molecule has 0 radical (unpaired) electrons. The third-order valence-electron chi connectivity index (χ3n) is 3.06. The quantitative estimate of drug-likeness (QED) is 0.550. The Morgan fingerprint density at radius 3 is 2.17 bits per heavy atom. The minimum atomic E-state index is 0.140. The van der Waals surface area contributed by atoms with Gasteiger partial charge in [-0.1, -0.05) is 12.1 Å². The average molecular weight is 328 g/mol. The summed E-state index contributed by atoms with van der Waals surface area (Å²) in [6.07, 6.45) is 2.86. The minimum Gasteiger partial charge on any atom is -0.378 e. The first-order valence-electron chi connectivity index (χ1n) is 8.38. The van der Waals surface area contributed by atoms with Crippen molar-refractivity contribution in [3.63, 3.8) is 0 Å². The molecule has 134 valence electrons. The number of nitrogens with one attached hydrogen (secondary N) is 1. The summed E-state index contributed by atoms with van der Waals surface area (Å²) < 4.78 is 18.2. The van der Waals surface area contributed by atoms with Crippen molar-refractivity contribution in [2.45, 2.75) is 46.2 Å². The summed E-state index contributed by atoms with van der Waals surface area (Å²) in [6.45, 7) is 13.8. The van der Waals surface area contributed by atoms with Gasteiger partial charge in [-0.05, 0) is 27.2 Å². The number of ether oxygens (including phenoxy) is 3. The summed E-state index contributed by atoms with van der Waals surface area (Å²) in [7, 11) is 0. The molecular weight excluding hydrogens is 296 g/mol. The molecule has 0 saturated carbocycles. The highest BCUT2D eigenvalue weighted by molar-refractivity contribution is 4.90. The largest absolute Gasteiger partial charge is 0.378 e. The fourth-order valence-corrected chi connectivity index (χ4v) is 1.81. The van der Waals surface area contributed by atoms with E-state index in [1.165, 1.54) is 0 Å². The van der Waals surface area contributed by atoms with Gasteiger partial charge >= 0.3 is 0 Å². The lowest BCUT2D eigenvalue weighted by Crippen LogP contribution is -2.38. The Hall–Kier alpha value is -1.02. The van der Waals surface area contributed by atoms with E-state index in [0.29, 0.717) is 39.6 Å². The lowest BCUT2D eigenvalue weighted by Gasteiger charge is -2.20. The van der Waals surface area contributed by atoms with Gasteiger partial charge in [-0.3, -0.25) is 0 Å². The Bertz CT molecular complexity index is 404. The maximum absolute atomic E-state index is 5.50. The molecule has 0 unspecified atom stereocenters. The van der Waals surface area contributed by atoms with Gasteiger partial charge in [-0.15, -0.1) is 5.10 Å². The molecule has 1 aromatic heterocycles. The molecule has 0 amide bonds. The van der Waals surface area contributed by atoms with Crippen molar-refractivity contribution in [1.82, 2.24) is 20.3 Å². The molecule has 1 rings (SSSR count). The van der Waals surface area contributed by atoms with Crippen LogP contribution in [0, 0.1) is 0 Å². The lowest BCUT2D eigenvalue weighted by atomic mass is 10.1. The highest BCUT2D eigenvalue weighted by atomic mass is 16.5. The number of hydrogen-bond donors (Lipinski definition) is 1. The summed E-state index contributed by atoms with van der Waals surface area (Å²) in [5.41, 5.74) is 1.15. The summed E-state index contributed by atoms with van der Waals surface area (Å²) >= 11 is 0. The first kappa shape index (κ1) is 20.0. The average Bonchev–Trinajstić information content (AvgIpc) is 2.95. The standard InChI is InChI=1S/C16H32N4O3/c1-5-15-14-20(19-18-15)7-9-22-11-13-23-12-10-21-8-6-17-16(2,3)4/h14,17H,5-13H2,1-4H3. The number of rotatable bonds is 13. The SMILES string of the molecule is CCc1cn(CCOCCOCCOCCNC(C)(C)C)nn1. The molecule has 0 aliphatic heterocycles.